The lowest BCUT2D eigenvalue weighted by molar-refractivity contribution is -0.137. The summed E-state index contributed by atoms with van der Waals surface area (Å²) in [7, 11) is 0. The summed E-state index contributed by atoms with van der Waals surface area (Å²) >= 11 is 5.30. The molecular weight excluding hydrogens is 326 g/mol. The van der Waals surface area contributed by atoms with E-state index in [2.05, 4.69) is 20.2 Å². The Morgan fingerprint density at radius 2 is 2.08 bits per heavy atom. The van der Waals surface area contributed by atoms with Crippen LogP contribution in [0.1, 0.15) is 17.9 Å². The van der Waals surface area contributed by atoms with Crippen LogP contribution in [-0.2, 0) is 11.3 Å². The van der Waals surface area contributed by atoms with Gasteiger partial charge in [-0.1, -0.05) is 30.3 Å². The number of hydrogen-bond acceptors (Lipinski definition) is 5. The molecule has 7 nitrogen and oxygen atoms in total. The van der Waals surface area contributed by atoms with Crippen LogP contribution in [0.3, 0.4) is 0 Å². The zero-order chi connectivity index (χ0) is 16.9. The highest BCUT2D eigenvalue weighted by Crippen LogP contribution is 2.24. The number of nitrogens with zero attached hydrogens (tertiary/aromatic N) is 4. The molecule has 0 aliphatic heterocycles. The molecule has 0 bridgehead atoms. The molecule has 3 aromatic rings. The highest BCUT2D eigenvalue weighted by molar-refractivity contribution is 7.71. The minimum Gasteiger partial charge on any atom is -0.481 e. The van der Waals surface area contributed by atoms with Crippen LogP contribution in [0.5, 0.6) is 0 Å². The first-order chi connectivity index (χ1) is 11.6. The van der Waals surface area contributed by atoms with E-state index in [1.54, 1.807) is 23.2 Å². The Morgan fingerprint density at radius 3 is 2.75 bits per heavy atom. The predicted octanol–water partition coefficient (Wildman–Crippen LogP) is 2.66. The van der Waals surface area contributed by atoms with E-state index < -0.39 is 5.97 Å². The average molecular weight is 341 g/mol. The Bertz CT molecular complexity index is 876. The molecule has 122 valence electrons. The lowest BCUT2D eigenvalue weighted by atomic mass is 9.95. The molecule has 1 unspecified atom stereocenters. The lowest BCUT2D eigenvalue weighted by Crippen LogP contribution is -2.15. The molecule has 0 amide bonds. The quantitative estimate of drug-likeness (QED) is 0.669. The van der Waals surface area contributed by atoms with Gasteiger partial charge in [-0.25, -0.2) is 4.98 Å². The molecule has 8 heteroatoms. The molecule has 2 heterocycles. The van der Waals surface area contributed by atoms with E-state index in [1.165, 1.54) is 0 Å². The second-order valence-electron chi connectivity index (χ2n) is 5.26. The highest BCUT2D eigenvalue weighted by atomic mass is 32.1. The first kappa shape index (κ1) is 16.0. The molecule has 24 heavy (non-hydrogen) atoms. The van der Waals surface area contributed by atoms with Crippen molar-refractivity contribution in [1.82, 2.24) is 24.7 Å². The van der Waals surface area contributed by atoms with Crippen LogP contribution in [0.25, 0.3) is 11.5 Å². The summed E-state index contributed by atoms with van der Waals surface area (Å²) in [5.74, 6) is -0.553. The molecule has 2 N–H and O–H groups in total. The maximum absolute atomic E-state index is 11.3. The van der Waals surface area contributed by atoms with Crippen molar-refractivity contribution in [3.05, 3.63) is 59.3 Å². The third-order valence-corrected chi connectivity index (χ3v) is 3.96. The van der Waals surface area contributed by atoms with Crippen molar-refractivity contribution in [2.24, 2.45) is 0 Å². The fraction of sp³-hybridized carbons (Fsp3) is 0.188. The Morgan fingerprint density at radius 1 is 1.29 bits per heavy atom. The van der Waals surface area contributed by atoms with Gasteiger partial charge in [0.15, 0.2) is 10.6 Å². The number of carbonyl (C=O) groups is 1. The number of carboxylic acids is 1. The van der Waals surface area contributed by atoms with Gasteiger partial charge in [0.1, 0.15) is 5.69 Å². The summed E-state index contributed by atoms with van der Waals surface area (Å²) in [6, 6.07) is 9.51. The maximum atomic E-state index is 11.3. The fourth-order valence-electron chi connectivity index (χ4n) is 2.54. The van der Waals surface area contributed by atoms with E-state index in [4.69, 9.17) is 12.2 Å². The number of nitrogens with one attached hydrogen (secondary N) is 1. The number of aliphatic carboxylic acids is 1. The number of benzene rings is 1. The number of H-pyrrole nitrogens is 1. The summed E-state index contributed by atoms with van der Waals surface area (Å²) in [6.45, 7) is 0.386. The molecule has 2 aromatic heterocycles. The minimum absolute atomic E-state index is 0.00310. The number of aromatic amines is 1. The molecule has 0 aliphatic carbocycles. The number of aromatic nitrogens is 5. The third kappa shape index (κ3) is 3.54. The van der Waals surface area contributed by atoms with Gasteiger partial charge in [-0.2, -0.15) is 5.10 Å². The van der Waals surface area contributed by atoms with Gasteiger partial charge in [0, 0.05) is 24.9 Å². The van der Waals surface area contributed by atoms with Crippen molar-refractivity contribution in [3.63, 3.8) is 0 Å². The predicted molar refractivity (Wildman–Crippen MR) is 89.9 cm³/mol. The zero-order valence-corrected chi connectivity index (χ0v) is 13.5. The van der Waals surface area contributed by atoms with Gasteiger partial charge < -0.3 is 5.11 Å². The van der Waals surface area contributed by atoms with E-state index in [9.17, 15) is 9.90 Å². The van der Waals surface area contributed by atoms with Gasteiger partial charge in [0.2, 0.25) is 0 Å². The molecule has 0 radical (unpaired) electrons. The normalized spacial score (nSPS) is 12.0. The smallest absolute Gasteiger partial charge is 0.304 e. The van der Waals surface area contributed by atoms with Crippen LogP contribution >= 0.6 is 12.2 Å². The SMILES string of the molecule is O=C(O)CC(Cn1c(-c2cnccn2)n[nH]c1=S)c1ccccc1. The standard InChI is InChI=1S/C16H15N5O2S/c22-14(23)8-12(11-4-2-1-3-5-11)10-21-15(19-20-16(21)24)13-9-17-6-7-18-13/h1-7,9,12H,8,10H2,(H,20,24)(H,22,23). The van der Waals surface area contributed by atoms with Crippen LogP contribution < -0.4 is 0 Å². The van der Waals surface area contributed by atoms with Gasteiger partial charge in [-0.05, 0) is 17.8 Å². The second kappa shape index (κ2) is 7.14. The van der Waals surface area contributed by atoms with E-state index in [1.807, 2.05) is 30.3 Å². The molecule has 1 aromatic carbocycles. The molecule has 0 spiro atoms. The number of hydrogen-bond donors (Lipinski definition) is 2. The van der Waals surface area contributed by atoms with E-state index >= 15 is 0 Å². The van der Waals surface area contributed by atoms with Crippen LogP contribution in [0, 0.1) is 4.77 Å². The minimum atomic E-state index is -0.861. The van der Waals surface area contributed by atoms with Gasteiger partial charge in [0.05, 0.1) is 12.6 Å². The zero-order valence-electron chi connectivity index (χ0n) is 12.7. The Labute approximate surface area is 143 Å². The summed E-state index contributed by atoms with van der Waals surface area (Å²) in [6.07, 6.45) is 4.74. The topological polar surface area (TPSA) is 96.7 Å². The number of carboxylic acid groups (broad SMARTS) is 1. The highest BCUT2D eigenvalue weighted by Gasteiger charge is 2.19. The maximum Gasteiger partial charge on any atom is 0.304 e. The Hall–Kier alpha value is -2.87. The second-order valence-corrected chi connectivity index (χ2v) is 5.65. The fourth-order valence-corrected chi connectivity index (χ4v) is 2.75. The van der Waals surface area contributed by atoms with Crippen molar-refractivity contribution in [3.8, 4) is 11.5 Å². The summed E-state index contributed by atoms with van der Waals surface area (Å²) < 4.78 is 2.18. The Balaban J connectivity index is 1.98. The van der Waals surface area contributed by atoms with Gasteiger partial charge >= 0.3 is 5.97 Å². The van der Waals surface area contributed by atoms with Gasteiger partial charge in [-0.15, -0.1) is 0 Å². The molecule has 3 rings (SSSR count). The van der Waals surface area contributed by atoms with Crippen LogP contribution in [0.2, 0.25) is 0 Å². The van der Waals surface area contributed by atoms with Crippen molar-refractivity contribution in [2.45, 2.75) is 18.9 Å². The van der Waals surface area contributed by atoms with Crippen molar-refractivity contribution in [1.29, 1.82) is 0 Å². The first-order valence-electron chi connectivity index (χ1n) is 7.33. The van der Waals surface area contributed by atoms with Crippen molar-refractivity contribution >= 4 is 18.2 Å². The first-order valence-corrected chi connectivity index (χ1v) is 7.74. The van der Waals surface area contributed by atoms with Crippen molar-refractivity contribution < 1.29 is 9.90 Å². The average Bonchev–Trinajstić information content (AvgIpc) is 2.96. The largest absolute Gasteiger partial charge is 0.481 e. The van der Waals surface area contributed by atoms with Crippen LogP contribution in [0.15, 0.2) is 48.9 Å². The lowest BCUT2D eigenvalue weighted by Gasteiger charge is -2.17. The summed E-state index contributed by atoms with van der Waals surface area (Å²) in [5, 5.41) is 16.2. The van der Waals surface area contributed by atoms with Crippen LogP contribution in [-0.4, -0.2) is 35.8 Å². The summed E-state index contributed by atoms with van der Waals surface area (Å²) in [4.78, 5) is 19.5. The molecule has 0 aliphatic rings. The molecule has 1 atom stereocenters. The van der Waals surface area contributed by atoms with Crippen LogP contribution in [0.4, 0.5) is 0 Å². The molecular formula is C16H15N5O2S. The summed E-state index contributed by atoms with van der Waals surface area (Å²) in [5.41, 5.74) is 1.51. The van der Waals surface area contributed by atoms with Gasteiger partial charge in [-0.3, -0.25) is 19.4 Å². The third-order valence-electron chi connectivity index (χ3n) is 3.65. The Kier molecular flexibility index (Phi) is 4.76. The number of rotatable bonds is 6. The van der Waals surface area contributed by atoms with Gasteiger partial charge in [0.25, 0.3) is 0 Å². The monoisotopic (exact) mass is 341 g/mol. The van der Waals surface area contributed by atoms with E-state index in [-0.39, 0.29) is 12.3 Å². The molecule has 0 saturated carbocycles. The molecule has 0 saturated heterocycles. The van der Waals surface area contributed by atoms with Crippen molar-refractivity contribution in [2.75, 3.05) is 0 Å². The molecule has 0 fully saturated rings. The van der Waals surface area contributed by atoms with E-state index in [0.717, 1.165) is 5.56 Å². The van der Waals surface area contributed by atoms with E-state index in [0.29, 0.717) is 22.8 Å².